The fourth-order valence-electron chi connectivity index (χ4n) is 0.669. The Bertz CT molecular complexity index is 314. The average molecular weight is 170 g/mol. The van der Waals surface area contributed by atoms with Crippen molar-refractivity contribution in [3.63, 3.8) is 0 Å². The quantitative estimate of drug-likeness (QED) is 0.469. The zero-order chi connectivity index (χ0) is 9.14. The number of pyridine rings is 1. The van der Waals surface area contributed by atoms with Crippen LogP contribution in [0.2, 0.25) is 0 Å². The molecule has 0 radical (unpaired) electrons. The number of aromatic nitrogens is 1. The molecule has 1 aromatic heterocycles. The van der Waals surface area contributed by atoms with Gasteiger partial charge in [0.2, 0.25) is 11.7 Å². The molecule has 64 valence electrons. The zero-order valence-corrected chi connectivity index (χ0v) is 5.93. The summed E-state index contributed by atoms with van der Waals surface area (Å²) in [4.78, 5) is 17.3. The number of hydrogen-bond acceptors (Lipinski definition) is 6. The largest absolute Gasteiger partial charge is 0.391 e. The summed E-state index contributed by atoms with van der Waals surface area (Å²) < 4.78 is 0. The van der Waals surface area contributed by atoms with Crippen LogP contribution in [0.3, 0.4) is 0 Å². The molecule has 12 heavy (non-hydrogen) atoms. The first-order valence-corrected chi connectivity index (χ1v) is 2.93. The second kappa shape index (κ2) is 3.01. The number of nitrogen functional groups attached to an aromatic ring is 1. The third kappa shape index (κ3) is 1.40. The lowest BCUT2D eigenvalue weighted by molar-refractivity contribution is -0.384. The Balaban J connectivity index is 3.12. The Labute approximate surface area is 67.1 Å². The van der Waals surface area contributed by atoms with Gasteiger partial charge < -0.3 is 10.6 Å². The van der Waals surface area contributed by atoms with Crippen LogP contribution in [-0.2, 0) is 0 Å². The van der Waals surface area contributed by atoms with Gasteiger partial charge in [-0.1, -0.05) is 0 Å². The van der Waals surface area contributed by atoms with Crippen molar-refractivity contribution in [1.29, 1.82) is 0 Å². The highest BCUT2D eigenvalue weighted by Crippen LogP contribution is 2.20. The summed E-state index contributed by atoms with van der Waals surface area (Å²) in [5, 5.41) is 10.2. The van der Waals surface area contributed by atoms with Gasteiger partial charge in [-0.2, -0.15) is 10.9 Å². The van der Waals surface area contributed by atoms with E-state index in [0.717, 1.165) is 0 Å². The fraction of sp³-hybridized carbons (Fsp3) is 0. The molecule has 0 bridgehead atoms. The van der Waals surface area contributed by atoms with Gasteiger partial charge in [0.05, 0.1) is 4.92 Å². The standard InChI is InChI=1S/C5H6N4O3/c6-5-3(9(10)11)1-2-4(8-5)12-7/h1-2H,7H2,(H2,6,8). The predicted molar refractivity (Wildman–Crippen MR) is 40.1 cm³/mol. The maximum Gasteiger partial charge on any atom is 0.311 e. The molecule has 1 rings (SSSR count). The van der Waals surface area contributed by atoms with E-state index in [-0.39, 0.29) is 17.4 Å². The first-order chi connectivity index (χ1) is 5.65. The normalized spacial score (nSPS) is 9.42. The van der Waals surface area contributed by atoms with Crippen LogP contribution >= 0.6 is 0 Å². The van der Waals surface area contributed by atoms with Crippen molar-refractivity contribution in [2.45, 2.75) is 0 Å². The highest BCUT2D eigenvalue weighted by molar-refractivity contribution is 5.53. The molecule has 0 aliphatic heterocycles. The third-order valence-electron chi connectivity index (χ3n) is 1.19. The van der Waals surface area contributed by atoms with Crippen molar-refractivity contribution < 1.29 is 9.76 Å². The Morgan fingerprint density at radius 3 is 2.67 bits per heavy atom. The second-order valence-electron chi connectivity index (χ2n) is 1.93. The van der Waals surface area contributed by atoms with Crippen molar-refractivity contribution in [3.8, 4) is 5.88 Å². The van der Waals surface area contributed by atoms with Crippen LogP contribution in [0.1, 0.15) is 0 Å². The minimum Gasteiger partial charge on any atom is -0.391 e. The average Bonchev–Trinajstić information content (AvgIpc) is 2.03. The van der Waals surface area contributed by atoms with Crippen LogP contribution in [-0.4, -0.2) is 9.91 Å². The fourth-order valence-corrected chi connectivity index (χ4v) is 0.669. The molecule has 7 heteroatoms. The van der Waals surface area contributed by atoms with E-state index >= 15 is 0 Å². The number of hydrogen-bond donors (Lipinski definition) is 2. The molecular formula is C5H6N4O3. The molecule has 0 aliphatic rings. The summed E-state index contributed by atoms with van der Waals surface area (Å²) in [6, 6.07) is 2.43. The highest BCUT2D eigenvalue weighted by atomic mass is 16.6. The molecule has 0 aromatic carbocycles. The van der Waals surface area contributed by atoms with Crippen molar-refractivity contribution in [2.75, 3.05) is 5.73 Å². The van der Waals surface area contributed by atoms with Gasteiger partial charge in [-0.15, -0.1) is 0 Å². The van der Waals surface area contributed by atoms with Crippen molar-refractivity contribution in [2.24, 2.45) is 5.90 Å². The highest BCUT2D eigenvalue weighted by Gasteiger charge is 2.12. The van der Waals surface area contributed by atoms with E-state index in [1.807, 2.05) is 0 Å². The van der Waals surface area contributed by atoms with E-state index in [2.05, 4.69) is 9.82 Å². The minimum atomic E-state index is -0.636. The summed E-state index contributed by atoms with van der Waals surface area (Å²) in [5.41, 5.74) is 4.94. The molecule has 0 atom stereocenters. The lowest BCUT2D eigenvalue weighted by Crippen LogP contribution is -2.06. The first-order valence-electron chi connectivity index (χ1n) is 2.93. The summed E-state index contributed by atoms with van der Waals surface area (Å²) in [6.07, 6.45) is 0. The van der Waals surface area contributed by atoms with E-state index in [9.17, 15) is 10.1 Å². The lowest BCUT2D eigenvalue weighted by Gasteiger charge is -1.98. The van der Waals surface area contributed by atoms with Crippen molar-refractivity contribution >= 4 is 11.5 Å². The molecule has 0 amide bonds. The number of nitrogens with two attached hydrogens (primary N) is 2. The predicted octanol–water partition coefficient (Wildman–Crippen LogP) is -0.176. The molecule has 7 nitrogen and oxygen atoms in total. The maximum atomic E-state index is 10.2. The van der Waals surface area contributed by atoms with Gasteiger partial charge >= 0.3 is 5.69 Å². The Morgan fingerprint density at radius 2 is 2.25 bits per heavy atom. The number of nitro groups is 1. The molecular weight excluding hydrogens is 164 g/mol. The monoisotopic (exact) mass is 170 g/mol. The smallest absolute Gasteiger partial charge is 0.311 e. The van der Waals surface area contributed by atoms with Gasteiger partial charge in [0.25, 0.3) is 0 Å². The van der Waals surface area contributed by atoms with Crippen molar-refractivity contribution in [1.82, 2.24) is 4.98 Å². The molecule has 0 spiro atoms. The summed E-state index contributed by atoms with van der Waals surface area (Å²) >= 11 is 0. The minimum absolute atomic E-state index is 0.0399. The van der Waals surface area contributed by atoms with E-state index in [4.69, 9.17) is 11.6 Å². The van der Waals surface area contributed by atoms with Crippen LogP contribution in [0.25, 0.3) is 0 Å². The number of rotatable bonds is 2. The molecule has 1 heterocycles. The van der Waals surface area contributed by atoms with Gasteiger partial charge in [0.1, 0.15) is 0 Å². The van der Waals surface area contributed by atoms with Crippen LogP contribution in [0.4, 0.5) is 11.5 Å². The molecule has 0 saturated heterocycles. The van der Waals surface area contributed by atoms with Gasteiger partial charge in [-0.25, -0.2) is 0 Å². The number of anilines is 1. The Hall–Kier alpha value is -1.89. The lowest BCUT2D eigenvalue weighted by atomic mass is 10.4. The molecule has 0 fully saturated rings. The topological polar surface area (TPSA) is 117 Å². The number of nitrogens with zero attached hydrogens (tertiary/aromatic N) is 2. The Morgan fingerprint density at radius 1 is 1.58 bits per heavy atom. The second-order valence-corrected chi connectivity index (χ2v) is 1.93. The Kier molecular flexibility index (Phi) is 2.06. The molecule has 0 unspecified atom stereocenters. The summed E-state index contributed by atoms with van der Waals surface area (Å²) in [7, 11) is 0. The third-order valence-corrected chi connectivity index (χ3v) is 1.19. The van der Waals surface area contributed by atoms with Crippen LogP contribution in [0.15, 0.2) is 12.1 Å². The van der Waals surface area contributed by atoms with Gasteiger partial charge in [0.15, 0.2) is 0 Å². The molecule has 4 N–H and O–H groups in total. The van der Waals surface area contributed by atoms with Crippen LogP contribution in [0, 0.1) is 10.1 Å². The van der Waals surface area contributed by atoms with Crippen molar-refractivity contribution in [3.05, 3.63) is 22.2 Å². The van der Waals surface area contributed by atoms with Gasteiger partial charge in [-0.05, 0) is 0 Å². The molecule has 0 aliphatic carbocycles. The van der Waals surface area contributed by atoms with E-state index in [1.54, 1.807) is 0 Å². The van der Waals surface area contributed by atoms with Gasteiger partial charge in [0, 0.05) is 12.1 Å². The summed E-state index contributed by atoms with van der Waals surface area (Å²) in [5.74, 6) is 4.58. The van der Waals surface area contributed by atoms with Gasteiger partial charge in [-0.3, -0.25) is 10.1 Å². The van der Waals surface area contributed by atoms with Crippen LogP contribution < -0.4 is 16.5 Å². The molecule has 1 aromatic rings. The summed E-state index contributed by atoms with van der Waals surface area (Å²) in [6.45, 7) is 0. The zero-order valence-electron chi connectivity index (χ0n) is 5.93. The van der Waals surface area contributed by atoms with E-state index in [0.29, 0.717) is 0 Å². The van der Waals surface area contributed by atoms with Crippen LogP contribution in [0.5, 0.6) is 5.88 Å². The van der Waals surface area contributed by atoms with E-state index < -0.39 is 4.92 Å². The maximum absolute atomic E-state index is 10.2. The SMILES string of the molecule is NOc1ccc([N+](=O)[O-])c(N)n1. The first kappa shape index (κ1) is 8.21. The molecule has 0 saturated carbocycles. The van der Waals surface area contributed by atoms with E-state index in [1.165, 1.54) is 12.1 Å².